The number of rotatable bonds is 1. The van der Waals surface area contributed by atoms with Gasteiger partial charge in [0.25, 0.3) is 0 Å². The number of hydrogen-bond donors (Lipinski definition) is 3. The summed E-state index contributed by atoms with van der Waals surface area (Å²) in [6.07, 6.45) is -8.75. The van der Waals surface area contributed by atoms with Crippen LogP contribution < -0.4 is 0 Å². The molecule has 0 aromatic rings. The smallest absolute Gasteiger partial charge is 0.184 e. The number of aliphatic hydroxyl groups is 3. The summed E-state index contributed by atoms with van der Waals surface area (Å²) in [5.74, 6) is 0. The SMILES string of the molecule is OC1[C@H](O)O[C@H](CF)[C@H](F)[C@@H]1O. The molecule has 0 radical (unpaired) electrons. The van der Waals surface area contributed by atoms with Crippen LogP contribution in [-0.2, 0) is 4.74 Å². The highest BCUT2D eigenvalue weighted by molar-refractivity contribution is 4.88. The Kier molecular flexibility index (Phi) is 2.94. The second-order valence-electron chi connectivity index (χ2n) is 2.65. The van der Waals surface area contributed by atoms with Crippen molar-refractivity contribution in [3.63, 3.8) is 0 Å². The molecule has 0 aliphatic carbocycles. The van der Waals surface area contributed by atoms with Gasteiger partial charge in [-0.05, 0) is 0 Å². The van der Waals surface area contributed by atoms with Crippen molar-refractivity contribution in [1.82, 2.24) is 0 Å². The first-order chi connectivity index (χ1) is 5.57. The van der Waals surface area contributed by atoms with Gasteiger partial charge in [0, 0.05) is 0 Å². The third-order valence-electron chi connectivity index (χ3n) is 1.79. The fourth-order valence-corrected chi connectivity index (χ4v) is 1.03. The van der Waals surface area contributed by atoms with Crippen molar-refractivity contribution in [1.29, 1.82) is 0 Å². The first-order valence-corrected chi connectivity index (χ1v) is 3.47. The quantitative estimate of drug-likeness (QED) is 0.475. The molecule has 0 bridgehead atoms. The van der Waals surface area contributed by atoms with Crippen LogP contribution in [0.25, 0.3) is 0 Å². The maximum Gasteiger partial charge on any atom is 0.184 e. The van der Waals surface area contributed by atoms with Gasteiger partial charge in [-0.1, -0.05) is 0 Å². The molecule has 1 rings (SSSR count). The molecule has 5 atom stereocenters. The Morgan fingerprint density at radius 2 is 1.75 bits per heavy atom. The van der Waals surface area contributed by atoms with Crippen LogP contribution >= 0.6 is 0 Å². The van der Waals surface area contributed by atoms with Crippen LogP contribution in [0.5, 0.6) is 0 Å². The maximum absolute atomic E-state index is 12.8. The van der Waals surface area contributed by atoms with Gasteiger partial charge in [-0.25, -0.2) is 8.78 Å². The first kappa shape index (κ1) is 9.79. The zero-order chi connectivity index (χ0) is 9.30. The Morgan fingerprint density at radius 1 is 1.17 bits per heavy atom. The lowest BCUT2D eigenvalue weighted by Crippen LogP contribution is -2.56. The Bertz CT molecular complexity index is 152. The summed E-state index contributed by atoms with van der Waals surface area (Å²) >= 11 is 0. The standard InChI is InChI=1S/C6H10F2O4/c7-1-2-3(8)4(9)5(10)6(11)12-2/h2-6,9-11H,1H2/t2-,3+,4+,5?,6-/m1/s1. The number of halogens is 2. The molecule has 1 aliphatic heterocycles. The molecule has 3 N–H and O–H groups in total. The molecule has 1 fully saturated rings. The van der Waals surface area contributed by atoms with E-state index < -0.39 is 37.4 Å². The van der Waals surface area contributed by atoms with E-state index in [1.807, 2.05) is 0 Å². The van der Waals surface area contributed by atoms with E-state index in [0.29, 0.717) is 0 Å². The molecule has 1 saturated heterocycles. The van der Waals surface area contributed by atoms with Gasteiger partial charge >= 0.3 is 0 Å². The molecule has 72 valence electrons. The van der Waals surface area contributed by atoms with Crippen molar-refractivity contribution in [3.8, 4) is 0 Å². The third kappa shape index (κ3) is 1.56. The average Bonchev–Trinajstić information content (AvgIpc) is 2.08. The molecule has 0 spiro atoms. The lowest BCUT2D eigenvalue weighted by molar-refractivity contribution is -0.271. The van der Waals surface area contributed by atoms with Crippen molar-refractivity contribution < 1.29 is 28.8 Å². The minimum absolute atomic E-state index is 1.15. The van der Waals surface area contributed by atoms with E-state index in [-0.39, 0.29) is 0 Å². The molecular weight excluding hydrogens is 174 g/mol. The highest BCUT2D eigenvalue weighted by Crippen LogP contribution is 2.22. The molecule has 0 amide bonds. The van der Waals surface area contributed by atoms with E-state index in [0.717, 1.165) is 0 Å². The van der Waals surface area contributed by atoms with Crippen LogP contribution in [0.3, 0.4) is 0 Å². The Hall–Kier alpha value is -0.300. The molecule has 12 heavy (non-hydrogen) atoms. The minimum atomic E-state index is -2.01. The van der Waals surface area contributed by atoms with Gasteiger partial charge in [0.15, 0.2) is 12.5 Å². The predicted molar refractivity (Wildman–Crippen MR) is 33.8 cm³/mol. The molecule has 0 aromatic carbocycles. The van der Waals surface area contributed by atoms with Gasteiger partial charge in [0.05, 0.1) is 0 Å². The number of hydrogen-bond acceptors (Lipinski definition) is 4. The normalized spacial score (nSPS) is 49.2. The first-order valence-electron chi connectivity index (χ1n) is 3.47. The second kappa shape index (κ2) is 3.61. The molecular formula is C6H10F2O4. The average molecular weight is 184 g/mol. The molecule has 1 unspecified atom stereocenters. The van der Waals surface area contributed by atoms with E-state index in [2.05, 4.69) is 4.74 Å². The molecule has 0 saturated carbocycles. The van der Waals surface area contributed by atoms with Gasteiger partial charge in [0.1, 0.15) is 25.0 Å². The van der Waals surface area contributed by atoms with Crippen LogP contribution in [0.4, 0.5) is 8.78 Å². The molecule has 1 heterocycles. The Morgan fingerprint density at radius 3 is 2.25 bits per heavy atom. The minimum Gasteiger partial charge on any atom is -0.387 e. The summed E-state index contributed by atoms with van der Waals surface area (Å²) < 4.78 is 29.0. The van der Waals surface area contributed by atoms with Crippen LogP contribution in [0.15, 0.2) is 0 Å². The molecule has 6 heteroatoms. The maximum atomic E-state index is 12.8. The summed E-state index contributed by atoms with van der Waals surface area (Å²) in [6.45, 7) is -1.15. The summed E-state index contributed by atoms with van der Waals surface area (Å²) in [5.41, 5.74) is 0. The molecule has 4 nitrogen and oxygen atoms in total. The van der Waals surface area contributed by atoms with Crippen LogP contribution in [0.2, 0.25) is 0 Å². The van der Waals surface area contributed by atoms with Gasteiger partial charge in [-0.2, -0.15) is 0 Å². The van der Waals surface area contributed by atoms with Crippen molar-refractivity contribution in [3.05, 3.63) is 0 Å². The van der Waals surface area contributed by atoms with Crippen LogP contribution in [0.1, 0.15) is 0 Å². The zero-order valence-corrected chi connectivity index (χ0v) is 6.10. The van der Waals surface area contributed by atoms with Crippen LogP contribution in [0, 0.1) is 0 Å². The fourth-order valence-electron chi connectivity index (χ4n) is 1.03. The largest absolute Gasteiger partial charge is 0.387 e. The number of aliphatic hydroxyl groups excluding tert-OH is 3. The number of alkyl halides is 2. The topological polar surface area (TPSA) is 69.9 Å². The molecule has 0 aromatic heterocycles. The highest BCUT2D eigenvalue weighted by atomic mass is 19.1. The van der Waals surface area contributed by atoms with Crippen molar-refractivity contribution in [2.45, 2.75) is 30.8 Å². The third-order valence-corrected chi connectivity index (χ3v) is 1.79. The predicted octanol–water partition coefficient (Wildman–Crippen LogP) is -1.27. The van der Waals surface area contributed by atoms with Gasteiger partial charge in [-0.3, -0.25) is 0 Å². The van der Waals surface area contributed by atoms with E-state index in [1.165, 1.54) is 0 Å². The lowest BCUT2D eigenvalue weighted by Gasteiger charge is -2.35. The van der Waals surface area contributed by atoms with E-state index in [1.54, 1.807) is 0 Å². The summed E-state index contributed by atoms with van der Waals surface area (Å²) in [7, 11) is 0. The summed E-state index contributed by atoms with van der Waals surface area (Å²) in [6, 6.07) is 0. The highest BCUT2D eigenvalue weighted by Gasteiger charge is 2.44. The van der Waals surface area contributed by atoms with E-state index >= 15 is 0 Å². The zero-order valence-electron chi connectivity index (χ0n) is 6.10. The number of ether oxygens (including phenoxy) is 1. The van der Waals surface area contributed by atoms with Crippen LogP contribution in [-0.4, -0.2) is 52.8 Å². The molecule has 1 aliphatic rings. The van der Waals surface area contributed by atoms with Gasteiger partial charge in [0.2, 0.25) is 0 Å². The lowest BCUT2D eigenvalue weighted by atomic mass is 10.0. The van der Waals surface area contributed by atoms with Gasteiger partial charge in [-0.15, -0.1) is 0 Å². The second-order valence-corrected chi connectivity index (χ2v) is 2.65. The Balaban J connectivity index is 2.63. The van der Waals surface area contributed by atoms with Crippen molar-refractivity contribution in [2.75, 3.05) is 6.67 Å². The van der Waals surface area contributed by atoms with Crippen molar-refractivity contribution in [2.24, 2.45) is 0 Å². The van der Waals surface area contributed by atoms with Gasteiger partial charge < -0.3 is 20.1 Å². The fraction of sp³-hybridized carbons (Fsp3) is 1.00. The monoisotopic (exact) mass is 184 g/mol. The summed E-state index contributed by atoms with van der Waals surface area (Å²) in [4.78, 5) is 0. The van der Waals surface area contributed by atoms with E-state index in [9.17, 15) is 8.78 Å². The van der Waals surface area contributed by atoms with E-state index in [4.69, 9.17) is 15.3 Å². The summed E-state index contributed by atoms with van der Waals surface area (Å²) in [5, 5.41) is 26.5. The van der Waals surface area contributed by atoms with Crippen molar-refractivity contribution >= 4 is 0 Å². The Labute approximate surface area is 67.4 Å².